The van der Waals surface area contributed by atoms with E-state index in [1.807, 2.05) is 28.7 Å². The van der Waals surface area contributed by atoms with E-state index in [-0.39, 0.29) is 0 Å². The first-order valence-electron chi connectivity index (χ1n) is 20.1. The molecule has 59 heavy (non-hydrogen) atoms. The third kappa shape index (κ3) is 5.10. The predicted molar refractivity (Wildman–Crippen MR) is 259 cm³/mol. The van der Waals surface area contributed by atoms with Crippen molar-refractivity contribution in [3.05, 3.63) is 193 Å². The molecule has 0 spiro atoms. The number of fused-ring (bicyclic) bond motifs is 10. The second kappa shape index (κ2) is 13.3. The standard InChI is InChI=1S/C55H36N2S2/c1-3-15-51-38(4-2)45-31-35(27-29-53(45)58-51)43-32-37(33-46-41-19-10-13-25-52(41)59-55(43)46)57-47-22-11-8-18-40(47)44-30-34(26-28-49(44)57)39-21-14-24-50-54(39)42-20-9-12-23-48(42)56(50)36-16-6-5-7-17-36/h3-33H,2H2,1H3/b15-3-. The van der Waals surface area contributed by atoms with Crippen molar-refractivity contribution in [3.63, 3.8) is 0 Å². The zero-order valence-corrected chi connectivity index (χ0v) is 33.9. The van der Waals surface area contributed by atoms with Crippen LogP contribution >= 0.6 is 22.7 Å². The first kappa shape index (κ1) is 34.1. The number of nitrogens with zero attached hydrogens (tertiary/aromatic N) is 2. The first-order valence-corrected chi connectivity index (χ1v) is 21.7. The summed E-state index contributed by atoms with van der Waals surface area (Å²) in [4.78, 5) is 1.25. The molecule has 278 valence electrons. The smallest absolute Gasteiger partial charge is 0.0547 e. The van der Waals surface area contributed by atoms with Gasteiger partial charge < -0.3 is 9.13 Å². The third-order valence-electron chi connectivity index (χ3n) is 12.0. The number of para-hydroxylation sites is 3. The van der Waals surface area contributed by atoms with Crippen molar-refractivity contribution in [1.82, 2.24) is 9.13 Å². The van der Waals surface area contributed by atoms with Crippen molar-refractivity contribution in [2.45, 2.75) is 6.92 Å². The fourth-order valence-corrected chi connectivity index (χ4v) is 11.9. The molecule has 0 saturated carbocycles. The molecule has 4 heterocycles. The Morgan fingerprint density at radius 3 is 1.93 bits per heavy atom. The summed E-state index contributed by atoms with van der Waals surface area (Å²) in [5.41, 5.74) is 13.2. The Bertz CT molecular complexity index is 3700. The summed E-state index contributed by atoms with van der Waals surface area (Å²) in [6.45, 7) is 6.30. The lowest BCUT2D eigenvalue weighted by atomic mass is 9.97. The number of allylic oxidation sites excluding steroid dienone is 1. The van der Waals surface area contributed by atoms with Crippen molar-refractivity contribution in [1.29, 1.82) is 0 Å². The maximum absolute atomic E-state index is 4.22. The highest BCUT2D eigenvalue weighted by atomic mass is 32.1. The molecule has 0 fully saturated rings. The largest absolute Gasteiger partial charge is 0.309 e. The highest BCUT2D eigenvalue weighted by Crippen LogP contribution is 2.46. The minimum absolute atomic E-state index is 1.16. The van der Waals surface area contributed by atoms with Crippen LogP contribution in [-0.2, 0) is 0 Å². The molecule has 0 amide bonds. The predicted octanol–water partition coefficient (Wildman–Crippen LogP) is 16.5. The molecule has 0 N–H and O–H groups in total. The van der Waals surface area contributed by atoms with E-state index in [4.69, 9.17) is 0 Å². The number of benzene rings is 8. The van der Waals surface area contributed by atoms with Gasteiger partial charge in [0.1, 0.15) is 0 Å². The van der Waals surface area contributed by atoms with Gasteiger partial charge in [-0.2, -0.15) is 0 Å². The first-order chi connectivity index (χ1) is 29.2. The van der Waals surface area contributed by atoms with Crippen molar-refractivity contribution in [2.24, 2.45) is 0 Å². The molecule has 12 rings (SSSR count). The van der Waals surface area contributed by atoms with Crippen molar-refractivity contribution >= 4 is 109 Å². The highest BCUT2D eigenvalue weighted by molar-refractivity contribution is 7.26. The van der Waals surface area contributed by atoms with Crippen LogP contribution in [0.5, 0.6) is 0 Å². The molecular formula is C55H36N2S2. The van der Waals surface area contributed by atoms with Gasteiger partial charge in [-0.25, -0.2) is 0 Å². The van der Waals surface area contributed by atoms with Gasteiger partial charge in [-0.15, -0.1) is 22.7 Å². The lowest BCUT2D eigenvalue weighted by molar-refractivity contribution is 1.18. The van der Waals surface area contributed by atoms with E-state index in [9.17, 15) is 0 Å². The van der Waals surface area contributed by atoms with Crippen LogP contribution in [0.1, 0.15) is 17.4 Å². The molecule has 0 atom stereocenters. The molecule has 2 nitrogen and oxygen atoms in total. The molecule has 4 heteroatoms. The molecule has 0 radical (unpaired) electrons. The Morgan fingerprint density at radius 2 is 1.10 bits per heavy atom. The maximum Gasteiger partial charge on any atom is 0.0547 e. The maximum atomic E-state index is 4.22. The van der Waals surface area contributed by atoms with Gasteiger partial charge in [0.2, 0.25) is 0 Å². The molecular weight excluding hydrogens is 753 g/mol. The van der Waals surface area contributed by atoms with Crippen LogP contribution < -0.4 is 0 Å². The second-order valence-electron chi connectivity index (χ2n) is 15.2. The van der Waals surface area contributed by atoms with Crippen LogP contribution in [0.3, 0.4) is 0 Å². The van der Waals surface area contributed by atoms with E-state index in [1.54, 1.807) is 0 Å². The van der Waals surface area contributed by atoms with E-state index < -0.39 is 0 Å². The summed E-state index contributed by atoms with van der Waals surface area (Å²) < 4.78 is 8.77. The van der Waals surface area contributed by atoms with Crippen LogP contribution in [0, 0.1) is 0 Å². The summed E-state index contributed by atoms with van der Waals surface area (Å²) in [5.74, 6) is 0. The van der Waals surface area contributed by atoms with Crippen molar-refractivity contribution in [2.75, 3.05) is 0 Å². The Labute approximate surface area is 349 Å². The Hall–Kier alpha value is -6.98. The van der Waals surface area contributed by atoms with Crippen molar-refractivity contribution < 1.29 is 0 Å². The molecule has 0 aliphatic rings. The topological polar surface area (TPSA) is 9.86 Å². The van der Waals surface area contributed by atoms with Gasteiger partial charge in [0.05, 0.1) is 22.1 Å². The van der Waals surface area contributed by atoms with Gasteiger partial charge in [-0.1, -0.05) is 116 Å². The normalized spacial score (nSPS) is 12.2. The van der Waals surface area contributed by atoms with Gasteiger partial charge in [0.25, 0.3) is 0 Å². The summed E-state index contributed by atoms with van der Waals surface area (Å²) in [6, 6.07) is 62.9. The number of rotatable bonds is 6. The van der Waals surface area contributed by atoms with Crippen LogP contribution in [0.2, 0.25) is 0 Å². The number of hydrogen-bond acceptors (Lipinski definition) is 2. The molecule has 0 saturated heterocycles. The van der Waals surface area contributed by atoms with Gasteiger partial charge in [0.15, 0.2) is 0 Å². The summed E-state index contributed by atoms with van der Waals surface area (Å²) in [7, 11) is 0. The number of aromatic nitrogens is 2. The van der Waals surface area contributed by atoms with Crippen LogP contribution in [0.25, 0.3) is 120 Å². The third-order valence-corrected chi connectivity index (χ3v) is 14.4. The fraction of sp³-hybridized carbons (Fsp3) is 0.0182. The average Bonchev–Trinajstić information content (AvgIpc) is 4.03. The number of hydrogen-bond donors (Lipinski definition) is 0. The molecule has 12 aromatic rings. The Balaban J connectivity index is 1.10. The van der Waals surface area contributed by atoms with E-state index in [1.165, 1.54) is 112 Å². The molecule has 0 unspecified atom stereocenters. The SMILES string of the molecule is C=Cc1c(/C=C\C)sc2ccc(-c3cc(-n4c5ccccc5c5cc(-c6cccc7c6c6ccccc6n7-c6ccccc6)ccc54)cc4c3sc3ccccc34)cc12. The quantitative estimate of drug-likeness (QED) is 0.159. The number of thiophene rings is 2. The Morgan fingerprint density at radius 1 is 0.458 bits per heavy atom. The van der Waals surface area contributed by atoms with Gasteiger partial charge >= 0.3 is 0 Å². The zero-order chi connectivity index (χ0) is 39.2. The fourth-order valence-electron chi connectivity index (χ4n) is 9.48. The van der Waals surface area contributed by atoms with Gasteiger partial charge in [-0.05, 0) is 108 Å². The minimum Gasteiger partial charge on any atom is -0.309 e. The van der Waals surface area contributed by atoms with Gasteiger partial charge in [-0.3, -0.25) is 0 Å². The molecule has 8 aromatic carbocycles. The molecule has 4 aromatic heterocycles. The van der Waals surface area contributed by atoms with E-state index in [0.29, 0.717) is 0 Å². The summed E-state index contributed by atoms with van der Waals surface area (Å²) in [6.07, 6.45) is 6.32. The van der Waals surface area contributed by atoms with E-state index >= 15 is 0 Å². The van der Waals surface area contributed by atoms with Crippen molar-refractivity contribution in [3.8, 4) is 33.6 Å². The molecule has 0 aliphatic heterocycles. The Kier molecular flexibility index (Phi) is 7.68. The summed E-state index contributed by atoms with van der Waals surface area (Å²) in [5, 5.41) is 8.84. The van der Waals surface area contributed by atoms with Crippen LogP contribution in [0.15, 0.2) is 183 Å². The lowest BCUT2D eigenvalue weighted by Crippen LogP contribution is -1.95. The van der Waals surface area contributed by atoms with E-state index in [0.717, 1.165) is 5.69 Å². The highest BCUT2D eigenvalue weighted by Gasteiger charge is 2.21. The average molecular weight is 789 g/mol. The van der Waals surface area contributed by atoms with Gasteiger partial charge in [0, 0.05) is 73.6 Å². The van der Waals surface area contributed by atoms with E-state index in [2.05, 4.69) is 205 Å². The monoisotopic (exact) mass is 788 g/mol. The molecule has 0 bridgehead atoms. The zero-order valence-electron chi connectivity index (χ0n) is 32.3. The lowest BCUT2D eigenvalue weighted by Gasteiger charge is -2.13. The van der Waals surface area contributed by atoms with Crippen LogP contribution in [0.4, 0.5) is 0 Å². The minimum atomic E-state index is 1.16. The second-order valence-corrected chi connectivity index (χ2v) is 17.4. The summed E-state index contributed by atoms with van der Waals surface area (Å²) >= 11 is 3.71. The van der Waals surface area contributed by atoms with Crippen LogP contribution in [-0.4, -0.2) is 9.13 Å². The molecule has 0 aliphatic carbocycles.